The Hall–Kier alpha value is -2.79. The first-order valence-corrected chi connectivity index (χ1v) is 8.06. The number of ether oxygens (including phenoxy) is 1. The van der Waals surface area contributed by atoms with Gasteiger partial charge in [-0.1, -0.05) is 0 Å². The molecule has 1 heterocycles. The maximum Gasteiger partial charge on any atom is 0.168 e. The van der Waals surface area contributed by atoms with Gasteiger partial charge < -0.3 is 4.74 Å². The van der Waals surface area contributed by atoms with Crippen LogP contribution in [0, 0.1) is 36.5 Å². The number of hydrogen-bond acceptors (Lipinski definition) is 4. The van der Waals surface area contributed by atoms with Gasteiger partial charge in [-0.05, 0) is 63.8 Å². The van der Waals surface area contributed by atoms with Crippen molar-refractivity contribution >= 4 is 0 Å². The fraction of sp³-hybridized carbons (Fsp3) is 0.421. The summed E-state index contributed by atoms with van der Waals surface area (Å²) in [6.45, 7) is 7.47. The van der Waals surface area contributed by atoms with Gasteiger partial charge in [-0.15, -0.1) is 0 Å². The van der Waals surface area contributed by atoms with E-state index in [4.69, 9.17) is 4.74 Å². The molecule has 1 saturated carbocycles. The van der Waals surface area contributed by atoms with Gasteiger partial charge in [0, 0.05) is 5.92 Å². The van der Waals surface area contributed by atoms with Gasteiger partial charge in [0.2, 0.25) is 0 Å². The van der Waals surface area contributed by atoms with E-state index in [0.29, 0.717) is 23.0 Å². The average molecular weight is 320 g/mol. The molecule has 0 bridgehead atoms. The lowest BCUT2D eigenvalue weighted by atomic mass is 10.0. The molecule has 5 nitrogen and oxygen atoms in total. The molecule has 5 heteroatoms. The topological polar surface area (TPSA) is 74.6 Å². The van der Waals surface area contributed by atoms with Gasteiger partial charge in [0.25, 0.3) is 0 Å². The van der Waals surface area contributed by atoms with E-state index in [1.807, 2.05) is 39.8 Å². The van der Waals surface area contributed by atoms with E-state index in [0.717, 1.165) is 29.7 Å². The van der Waals surface area contributed by atoms with Crippen LogP contribution in [-0.4, -0.2) is 9.78 Å². The van der Waals surface area contributed by atoms with E-state index >= 15 is 0 Å². The second-order valence-electron chi connectivity index (χ2n) is 6.91. The van der Waals surface area contributed by atoms with Crippen molar-refractivity contribution in [1.29, 1.82) is 10.5 Å². The van der Waals surface area contributed by atoms with E-state index in [1.54, 1.807) is 10.9 Å². The molecule has 1 aromatic heterocycles. The number of aromatic nitrogens is 2. The third-order valence-corrected chi connectivity index (χ3v) is 4.36. The number of aryl methyl sites for hydroxylation is 2. The quantitative estimate of drug-likeness (QED) is 0.841. The highest BCUT2D eigenvalue weighted by atomic mass is 16.5. The molecule has 1 aliphatic carbocycles. The Bertz CT molecular complexity index is 853. The van der Waals surface area contributed by atoms with Gasteiger partial charge in [0.15, 0.2) is 5.75 Å². The zero-order chi connectivity index (χ0) is 17.5. The Morgan fingerprint density at radius 2 is 1.83 bits per heavy atom. The lowest BCUT2D eigenvalue weighted by Crippen LogP contribution is -2.24. The minimum atomic E-state index is -0.720. The summed E-state index contributed by atoms with van der Waals surface area (Å²) in [5, 5.41) is 23.1. The van der Waals surface area contributed by atoms with E-state index in [-0.39, 0.29) is 0 Å². The average Bonchev–Trinajstić information content (AvgIpc) is 3.28. The number of nitrogens with zero attached hydrogens (tertiary/aromatic N) is 4. The van der Waals surface area contributed by atoms with Crippen LogP contribution in [0.2, 0.25) is 0 Å². The smallest absolute Gasteiger partial charge is 0.168 e. The molecule has 0 saturated heterocycles. The van der Waals surface area contributed by atoms with Crippen molar-refractivity contribution in [3.8, 4) is 23.6 Å². The molecule has 2 aromatic rings. The SMILES string of the molecule is Cc1cc(Oc2cn(C(C)(C)C#N)nc2C2CC2)cc(C)c1C#N. The highest BCUT2D eigenvalue weighted by Gasteiger charge is 2.33. The zero-order valence-corrected chi connectivity index (χ0v) is 14.4. The van der Waals surface area contributed by atoms with Crippen molar-refractivity contribution in [2.24, 2.45) is 0 Å². The highest BCUT2D eigenvalue weighted by Crippen LogP contribution is 2.45. The van der Waals surface area contributed by atoms with Gasteiger partial charge in [-0.25, -0.2) is 4.68 Å². The molecular weight excluding hydrogens is 300 g/mol. The van der Waals surface area contributed by atoms with Crippen molar-refractivity contribution in [3.05, 3.63) is 40.7 Å². The first-order valence-electron chi connectivity index (χ1n) is 8.06. The summed E-state index contributed by atoms with van der Waals surface area (Å²) in [4.78, 5) is 0. The molecule has 0 spiro atoms. The molecule has 3 rings (SSSR count). The Balaban J connectivity index is 1.99. The largest absolute Gasteiger partial charge is 0.454 e. The molecule has 0 amide bonds. The Kier molecular flexibility index (Phi) is 3.81. The van der Waals surface area contributed by atoms with Crippen molar-refractivity contribution in [2.45, 2.75) is 52.0 Å². The summed E-state index contributed by atoms with van der Waals surface area (Å²) < 4.78 is 7.77. The van der Waals surface area contributed by atoms with Gasteiger partial charge in [0.1, 0.15) is 17.0 Å². The van der Waals surface area contributed by atoms with Crippen LogP contribution in [0.1, 0.15) is 55.0 Å². The van der Waals surface area contributed by atoms with Crippen LogP contribution in [0.15, 0.2) is 18.3 Å². The van der Waals surface area contributed by atoms with Gasteiger partial charge in [-0.2, -0.15) is 15.6 Å². The van der Waals surface area contributed by atoms with Crippen LogP contribution in [0.4, 0.5) is 0 Å². The van der Waals surface area contributed by atoms with Crippen molar-refractivity contribution in [3.63, 3.8) is 0 Å². The van der Waals surface area contributed by atoms with E-state index in [2.05, 4.69) is 17.2 Å². The maximum absolute atomic E-state index is 9.34. The monoisotopic (exact) mass is 320 g/mol. The normalized spacial score (nSPS) is 14.1. The van der Waals surface area contributed by atoms with Crippen molar-refractivity contribution < 1.29 is 4.74 Å². The van der Waals surface area contributed by atoms with Gasteiger partial charge >= 0.3 is 0 Å². The molecule has 1 fully saturated rings. The molecule has 0 unspecified atom stereocenters. The van der Waals surface area contributed by atoms with Crippen LogP contribution in [0.25, 0.3) is 0 Å². The fourth-order valence-corrected chi connectivity index (χ4v) is 2.71. The Labute approximate surface area is 142 Å². The summed E-state index contributed by atoms with van der Waals surface area (Å²) in [6, 6.07) is 8.22. The molecule has 24 heavy (non-hydrogen) atoms. The van der Waals surface area contributed by atoms with Crippen LogP contribution >= 0.6 is 0 Å². The number of benzene rings is 1. The third-order valence-electron chi connectivity index (χ3n) is 4.36. The molecule has 1 aromatic carbocycles. The Morgan fingerprint density at radius 1 is 1.21 bits per heavy atom. The maximum atomic E-state index is 9.34. The summed E-state index contributed by atoms with van der Waals surface area (Å²) in [6.07, 6.45) is 4.01. The number of hydrogen-bond donors (Lipinski definition) is 0. The van der Waals surface area contributed by atoms with Crippen molar-refractivity contribution in [1.82, 2.24) is 9.78 Å². The summed E-state index contributed by atoms with van der Waals surface area (Å²) in [5.74, 6) is 1.81. The number of rotatable bonds is 4. The third kappa shape index (κ3) is 2.86. The fourth-order valence-electron chi connectivity index (χ4n) is 2.71. The van der Waals surface area contributed by atoms with Gasteiger partial charge in [-0.3, -0.25) is 0 Å². The van der Waals surface area contributed by atoms with Crippen LogP contribution in [-0.2, 0) is 5.54 Å². The second kappa shape index (κ2) is 5.69. The minimum Gasteiger partial charge on any atom is -0.454 e. The zero-order valence-electron chi connectivity index (χ0n) is 14.4. The molecule has 0 aliphatic heterocycles. The lowest BCUT2D eigenvalue weighted by Gasteiger charge is -2.15. The van der Waals surface area contributed by atoms with E-state index < -0.39 is 5.54 Å². The number of nitriles is 2. The Morgan fingerprint density at radius 3 is 2.33 bits per heavy atom. The van der Waals surface area contributed by atoms with E-state index in [1.165, 1.54) is 0 Å². The summed E-state index contributed by atoms with van der Waals surface area (Å²) >= 11 is 0. The molecule has 122 valence electrons. The van der Waals surface area contributed by atoms with Crippen LogP contribution in [0.3, 0.4) is 0 Å². The first-order chi connectivity index (χ1) is 11.4. The van der Waals surface area contributed by atoms with Crippen molar-refractivity contribution in [2.75, 3.05) is 0 Å². The molecule has 0 radical (unpaired) electrons. The molecule has 1 aliphatic rings. The molecule has 0 atom stereocenters. The predicted molar refractivity (Wildman–Crippen MR) is 89.8 cm³/mol. The predicted octanol–water partition coefficient (Wildman–Crippen LogP) is 4.30. The van der Waals surface area contributed by atoms with Crippen LogP contribution in [0.5, 0.6) is 11.5 Å². The first kappa shape index (κ1) is 16.1. The standard InChI is InChI=1S/C19H20N4O/c1-12-7-15(8-13(2)16(12)9-20)24-17-10-23(19(3,4)11-21)22-18(17)14-5-6-14/h7-8,10,14H,5-6H2,1-4H3. The highest BCUT2D eigenvalue weighted by molar-refractivity contribution is 5.49. The molecular formula is C19H20N4O. The summed E-state index contributed by atoms with van der Waals surface area (Å²) in [5.41, 5.74) is 2.67. The molecule has 0 N–H and O–H groups in total. The van der Waals surface area contributed by atoms with E-state index in [9.17, 15) is 10.5 Å². The van der Waals surface area contributed by atoms with Crippen LogP contribution < -0.4 is 4.74 Å². The lowest BCUT2D eigenvalue weighted by molar-refractivity contribution is 0.412. The minimum absolute atomic E-state index is 0.413. The summed E-state index contributed by atoms with van der Waals surface area (Å²) in [7, 11) is 0. The van der Waals surface area contributed by atoms with Gasteiger partial charge in [0.05, 0.1) is 23.9 Å². The second-order valence-corrected chi connectivity index (χ2v) is 6.91.